The quantitative estimate of drug-likeness (QED) is 0.174. The first-order valence-corrected chi connectivity index (χ1v) is 17.0. The molecule has 0 radical (unpaired) electrons. The third-order valence-electron chi connectivity index (χ3n) is 7.97. The van der Waals surface area contributed by atoms with E-state index in [-0.39, 0.29) is 41.2 Å². The van der Waals surface area contributed by atoms with Gasteiger partial charge in [0.1, 0.15) is 24.1 Å². The van der Waals surface area contributed by atoms with Crippen molar-refractivity contribution in [2.45, 2.75) is 57.1 Å². The first-order chi connectivity index (χ1) is 22.6. The maximum Gasteiger partial charge on any atom is 0.264 e. The van der Waals surface area contributed by atoms with Crippen LogP contribution in [0, 0.1) is 6.92 Å². The Kier molecular flexibility index (Phi) is 12.0. The van der Waals surface area contributed by atoms with E-state index in [0.717, 1.165) is 21.0 Å². The van der Waals surface area contributed by atoms with E-state index in [1.54, 1.807) is 49.6 Å². The number of anilines is 1. The minimum Gasteiger partial charge on any atom is -0.497 e. The minimum atomic E-state index is -4.26. The van der Waals surface area contributed by atoms with Crippen molar-refractivity contribution in [3.63, 3.8) is 0 Å². The fraction of sp³-hybridized carbons (Fsp3) is 0.297. The van der Waals surface area contributed by atoms with Crippen molar-refractivity contribution in [3.05, 3.63) is 120 Å². The normalized spacial score (nSPS) is 12.4. The molecule has 0 spiro atoms. The number of carbonyl (C=O) groups excluding carboxylic acids is 2. The Morgan fingerprint density at radius 3 is 2.13 bits per heavy atom. The zero-order valence-electron chi connectivity index (χ0n) is 27.6. The van der Waals surface area contributed by atoms with Crippen LogP contribution in [0.5, 0.6) is 11.5 Å². The molecule has 0 fully saturated rings. The second-order valence-electron chi connectivity index (χ2n) is 11.4. The van der Waals surface area contributed by atoms with Gasteiger partial charge in [0.15, 0.2) is 0 Å². The van der Waals surface area contributed by atoms with Crippen molar-refractivity contribution in [2.24, 2.45) is 0 Å². The lowest BCUT2D eigenvalue weighted by Gasteiger charge is -2.34. The molecule has 2 amide bonds. The highest BCUT2D eigenvalue weighted by Gasteiger charge is 2.36. The Bertz CT molecular complexity index is 1750. The molecule has 2 atom stereocenters. The number of nitrogens with one attached hydrogen (secondary N) is 1. The van der Waals surface area contributed by atoms with Gasteiger partial charge in [-0.05, 0) is 73.4 Å². The highest BCUT2D eigenvalue weighted by molar-refractivity contribution is 7.92. The molecule has 0 saturated carbocycles. The Morgan fingerprint density at radius 2 is 1.49 bits per heavy atom. The molecule has 4 aromatic rings. The monoisotopic (exact) mass is 657 g/mol. The van der Waals surface area contributed by atoms with Gasteiger partial charge in [-0.15, -0.1) is 0 Å². The van der Waals surface area contributed by atoms with Crippen molar-refractivity contribution >= 4 is 27.5 Å². The van der Waals surface area contributed by atoms with E-state index >= 15 is 0 Å². The summed E-state index contributed by atoms with van der Waals surface area (Å²) in [5.41, 5.74) is 2.58. The highest BCUT2D eigenvalue weighted by atomic mass is 32.2. The largest absolute Gasteiger partial charge is 0.497 e. The van der Waals surface area contributed by atoms with E-state index in [2.05, 4.69) is 5.32 Å². The lowest BCUT2D eigenvalue weighted by Crippen LogP contribution is -2.54. The summed E-state index contributed by atoms with van der Waals surface area (Å²) < 4.78 is 40.7. The standard InChI is InChI=1S/C37H43N3O6S/c1-6-28(3)38-37(42)34(24-29-14-9-7-10-15-29)39(25-30-16-13-17-31(23-30)45-4)36(41)26-40(33-22-27(2)20-21-35(33)46-5)47(43,44)32-18-11-8-12-19-32/h7-23,28,34H,6,24-26H2,1-5H3,(H,38,42)/t28-,34-/m1/s1. The number of carbonyl (C=O) groups is 2. The maximum absolute atomic E-state index is 14.7. The van der Waals surface area contributed by atoms with E-state index in [9.17, 15) is 18.0 Å². The highest BCUT2D eigenvalue weighted by Crippen LogP contribution is 2.34. The molecule has 0 aliphatic carbocycles. The van der Waals surface area contributed by atoms with Crippen LogP contribution in [-0.4, -0.2) is 58.0 Å². The Morgan fingerprint density at radius 1 is 0.830 bits per heavy atom. The molecule has 47 heavy (non-hydrogen) atoms. The van der Waals surface area contributed by atoms with Crippen LogP contribution in [0.1, 0.15) is 37.0 Å². The summed E-state index contributed by atoms with van der Waals surface area (Å²) in [5.74, 6) is -0.00452. The molecular formula is C37H43N3O6S. The van der Waals surface area contributed by atoms with E-state index in [1.807, 2.05) is 69.3 Å². The van der Waals surface area contributed by atoms with Crippen molar-refractivity contribution < 1.29 is 27.5 Å². The van der Waals surface area contributed by atoms with Crippen molar-refractivity contribution in [1.29, 1.82) is 0 Å². The summed E-state index contributed by atoms with van der Waals surface area (Å²) in [5, 5.41) is 3.05. The third kappa shape index (κ3) is 8.92. The van der Waals surface area contributed by atoms with Gasteiger partial charge in [0, 0.05) is 19.0 Å². The number of amides is 2. The summed E-state index contributed by atoms with van der Waals surface area (Å²) in [6.45, 7) is 5.17. The summed E-state index contributed by atoms with van der Waals surface area (Å²) in [4.78, 5) is 30.2. The van der Waals surface area contributed by atoms with Crippen LogP contribution in [0.2, 0.25) is 0 Å². The average Bonchev–Trinajstić information content (AvgIpc) is 3.09. The first-order valence-electron chi connectivity index (χ1n) is 15.6. The van der Waals surface area contributed by atoms with Gasteiger partial charge in [0.05, 0.1) is 24.8 Å². The topological polar surface area (TPSA) is 105 Å². The molecule has 0 heterocycles. The zero-order chi connectivity index (χ0) is 34.0. The van der Waals surface area contributed by atoms with Crippen LogP contribution in [0.25, 0.3) is 0 Å². The lowest BCUT2D eigenvalue weighted by atomic mass is 10.0. The number of ether oxygens (including phenoxy) is 2. The molecule has 0 bridgehead atoms. The molecule has 4 rings (SSSR count). The number of nitrogens with zero attached hydrogens (tertiary/aromatic N) is 2. The maximum atomic E-state index is 14.7. The summed E-state index contributed by atoms with van der Waals surface area (Å²) in [6.07, 6.45) is 0.919. The van der Waals surface area contributed by atoms with E-state index in [0.29, 0.717) is 12.2 Å². The molecule has 248 valence electrons. The zero-order valence-corrected chi connectivity index (χ0v) is 28.4. The minimum absolute atomic E-state index is 0.0195. The number of benzene rings is 4. The predicted molar refractivity (Wildman–Crippen MR) is 184 cm³/mol. The molecule has 0 saturated heterocycles. The van der Waals surface area contributed by atoms with Gasteiger partial charge in [-0.25, -0.2) is 8.42 Å². The second-order valence-corrected chi connectivity index (χ2v) is 13.3. The van der Waals surface area contributed by atoms with Crippen molar-refractivity contribution in [1.82, 2.24) is 10.2 Å². The molecule has 9 nitrogen and oxygen atoms in total. The van der Waals surface area contributed by atoms with Gasteiger partial charge in [-0.1, -0.05) is 73.7 Å². The number of sulfonamides is 1. The summed E-state index contributed by atoms with van der Waals surface area (Å²) in [6, 6.07) is 28.7. The van der Waals surface area contributed by atoms with Crippen molar-refractivity contribution in [3.8, 4) is 11.5 Å². The van der Waals surface area contributed by atoms with Gasteiger partial charge in [0.25, 0.3) is 10.0 Å². The molecule has 0 aromatic heterocycles. The summed E-state index contributed by atoms with van der Waals surface area (Å²) >= 11 is 0. The van der Waals surface area contributed by atoms with Crippen LogP contribution in [0.15, 0.2) is 108 Å². The number of aryl methyl sites for hydroxylation is 1. The number of hydrogen-bond donors (Lipinski definition) is 1. The van der Waals surface area contributed by atoms with Crippen molar-refractivity contribution in [2.75, 3.05) is 25.1 Å². The number of hydrogen-bond acceptors (Lipinski definition) is 6. The smallest absolute Gasteiger partial charge is 0.264 e. The first kappa shape index (κ1) is 35.0. The van der Waals surface area contributed by atoms with Gasteiger partial charge < -0.3 is 19.7 Å². The molecule has 4 aromatic carbocycles. The van der Waals surface area contributed by atoms with Gasteiger partial charge in [-0.3, -0.25) is 13.9 Å². The second kappa shape index (κ2) is 16.1. The van der Waals surface area contributed by atoms with Crippen LogP contribution in [-0.2, 0) is 32.6 Å². The molecule has 10 heteroatoms. The molecule has 0 aliphatic rings. The van der Waals surface area contributed by atoms with Crippen LogP contribution >= 0.6 is 0 Å². The predicted octanol–water partition coefficient (Wildman–Crippen LogP) is 5.76. The SMILES string of the molecule is CC[C@@H](C)NC(=O)[C@@H](Cc1ccccc1)N(Cc1cccc(OC)c1)C(=O)CN(c1cc(C)ccc1OC)S(=O)(=O)c1ccccc1. The Labute approximate surface area is 278 Å². The van der Waals surface area contributed by atoms with Crippen LogP contribution < -0.4 is 19.1 Å². The van der Waals surface area contributed by atoms with E-state index in [1.165, 1.54) is 24.1 Å². The van der Waals surface area contributed by atoms with Gasteiger partial charge in [-0.2, -0.15) is 0 Å². The van der Waals surface area contributed by atoms with E-state index < -0.39 is 28.5 Å². The fourth-order valence-electron chi connectivity index (χ4n) is 5.19. The number of rotatable bonds is 15. The Balaban J connectivity index is 1.86. The lowest BCUT2D eigenvalue weighted by molar-refractivity contribution is -0.140. The van der Waals surface area contributed by atoms with Gasteiger partial charge >= 0.3 is 0 Å². The fourth-order valence-corrected chi connectivity index (χ4v) is 6.63. The van der Waals surface area contributed by atoms with Crippen LogP contribution in [0.4, 0.5) is 5.69 Å². The Hall–Kier alpha value is -4.83. The van der Waals surface area contributed by atoms with Crippen LogP contribution in [0.3, 0.4) is 0 Å². The molecule has 0 aliphatic heterocycles. The molecule has 1 N–H and O–H groups in total. The summed E-state index contributed by atoms with van der Waals surface area (Å²) in [7, 11) is -1.25. The number of methoxy groups -OCH3 is 2. The molecular weight excluding hydrogens is 614 g/mol. The van der Waals surface area contributed by atoms with Gasteiger partial charge in [0.2, 0.25) is 11.8 Å². The molecule has 0 unspecified atom stereocenters. The van der Waals surface area contributed by atoms with E-state index in [4.69, 9.17) is 9.47 Å². The third-order valence-corrected chi connectivity index (χ3v) is 9.75. The average molecular weight is 658 g/mol.